The number of hydrogen-bond acceptors (Lipinski definition) is 4. The highest BCUT2D eigenvalue weighted by Crippen LogP contribution is 1.81. The van der Waals surface area contributed by atoms with Gasteiger partial charge in [0, 0.05) is 13.1 Å². The Morgan fingerprint density at radius 3 is 1.95 bits per heavy atom. The summed E-state index contributed by atoms with van der Waals surface area (Å²) in [5.74, 6) is 1.20. The second-order valence-corrected chi connectivity index (χ2v) is 4.64. The van der Waals surface area contributed by atoms with Crippen molar-refractivity contribution in [2.24, 2.45) is 10.7 Å². The van der Waals surface area contributed by atoms with Gasteiger partial charge in [-0.2, -0.15) is 0 Å². The molecule has 6 nitrogen and oxygen atoms in total. The fraction of sp³-hybridized carbons (Fsp3) is 0.846. The number of nitrogens with two attached hydrogens (primary N) is 1. The van der Waals surface area contributed by atoms with Gasteiger partial charge in [-0.15, -0.1) is 12.4 Å². The van der Waals surface area contributed by atoms with Gasteiger partial charge in [0.05, 0.1) is 11.7 Å². The number of hydrogen-bond donors (Lipinski definition) is 5. The molecule has 0 rings (SSSR count). The number of nitrogens with one attached hydrogen (secondary N) is 4. The van der Waals surface area contributed by atoms with Gasteiger partial charge in [0.1, 0.15) is 0 Å². The maximum atomic E-state index is 7.20. The predicted molar refractivity (Wildman–Crippen MR) is 90.4 cm³/mol. The lowest BCUT2D eigenvalue weighted by molar-refractivity contribution is 0.575. The zero-order chi connectivity index (χ0) is 14.3. The molecule has 0 atom stereocenters. The molecule has 0 unspecified atom stereocenters. The van der Waals surface area contributed by atoms with Crippen molar-refractivity contribution in [1.82, 2.24) is 16.0 Å². The van der Waals surface area contributed by atoms with Crippen LogP contribution in [0.5, 0.6) is 0 Å². The topological polar surface area (TPSA) is 98.3 Å². The molecule has 0 saturated carbocycles. The molecule has 0 spiro atoms. The quantitative estimate of drug-likeness (QED) is 0.208. The molecular weight excluding hydrogens is 276 g/mol. The first-order valence-electron chi connectivity index (χ1n) is 7.10. The van der Waals surface area contributed by atoms with Crippen LogP contribution in [0.25, 0.3) is 0 Å². The van der Waals surface area contributed by atoms with E-state index in [9.17, 15) is 0 Å². The molecule has 6 N–H and O–H groups in total. The van der Waals surface area contributed by atoms with E-state index in [1.807, 2.05) is 6.92 Å². The van der Waals surface area contributed by atoms with Gasteiger partial charge < -0.3 is 21.7 Å². The van der Waals surface area contributed by atoms with Gasteiger partial charge in [-0.3, -0.25) is 10.4 Å². The number of aliphatic imine (C=N–C) groups is 1. The third-order valence-electron chi connectivity index (χ3n) is 2.50. The maximum absolute atomic E-state index is 7.20. The average Bonchev–Trinajstić information content (AvgIpc) is 2.34. The monoisotopic (exact) mass is 306 g/mol. The van der Waals surface area contributed by atoms with Crippen LogP contribution in [-0.2, 0) is 0 Å². The van der Waals surface area contributed by atoms with E-state index in [4.69, 9.17) is 11.1 Å². The zero-order valence-corrected chi connectivity index (χ0v) is 13.6. The molecule has 120 valence electrons. The van der Waals surface area contributed by atoms with Crippen LogP contribution in [0.4, 0.5) is 0 Å². The Morgan fingerprint density at radius 2 is 1.45 bits per heavy atom. The minimum Gasteiger partial charge on any atom is -0.388 e. The third-order valence-corrected chi connectivity index (χ3v) is 2.50. The lowest BCUT2D eigenvalue weighted by Crippen LogP contribution is -2.27. The van der Waals surface area contributed by atoms with Crippen LogP contribution in [0.1, 0.15) is 33.1 Å². The smallest absolute Gasteiger partial charge is 0.0905 e. The molecule has 0 saturated heterocycles. The summed E-state index contributed by atoms with van der Waals surface area (Å²) < 4.78 is 0. The molecule has 0 heterocycles. The minimum absolute atomic E-state index is 0. The summed E-state index contributed by atoms with van der Waals surface area (Å²) in [5.41, 5.74) is 5.44. The summed E-state index contributed by atoms with van der Waals surface area (Å²) in [6.45, 7) is 9.35. The largest absolute Gasteiger partial charge is 0.388 e. The number of rotatable bonds is 12. The van der Waals surface area contributed by atoms with Crippen LogP contribution >= 0.6 is 12.4 Å². The van der Waals surface area contributed by atoms with Crippen molar-refractivity contribution in [3.8, 4) is 0 Å². The second kappa shape index (κ2) is 16.2. The van der Waals surface area contributed by atoms with Crippen LogP contribution in [0.3, 0.4) is 0 Å². The molecule has 0 radical (unpaired) electrons. The average molecular weight is 307 g/mol. The highest BCUT2D eigenvalue weighted by Gasteiger charge is 1.91. The van der Waals surface area contributed by atoms with Crippen LogP contribution in [0.15, 0.2) is 4.99 Å². The van der Waals surface area contributed by atoms with Gasteiger partial charge >= 0.3 is 0 Å². The molecule has 0 aromatic heterocycles. The molecule has 0 fully saturated rings. The van der Waals surface area contributed by atoms with E-state index >= 15 is 0 Å². The molecular formula is C13H31ClN6. The zero-order valence-electron chi connectivity index (χ0n) is 12.8. The minimum atomic E-state index is 0. The molecule has 0 amide bonds. The molecule has 0 aliphatic carbocycles. The predicted octanol–water partition coefficient (Wildman–Crippen LogP) is 0.722. The van der Waals surface area contributed by atoms with Gasteiger partial charge in [0.2, 0.25) is 0 Å². The van der Waals surface area contributed by atoms with E-state index in [1.54, 1.807) is 6.92 Å². The van der Waals surface area contributed by atoms with Gasteiger partial charge in [0.15, 0.2) is 0 Å². The molecule has 7 heteroatoms. The Labute approximate surface area is 129 Å². The lowest BCUT2D eigenvalue weighted by atomic mass is 10.3. The summed E-state index contributed by atoms with van der Waals surface area (Å²) >= 11 is 0. The van der Waals surface area contributed by atoms with E-state index in [0.29, 0.717) is 11.7 Å². The normalized spacial score (nSPS) is 11.0. The molecule has 20 heavy (non-hydrogen) atoms. The fourth-order valence-corrected chi connectivity index (χ4v) is 1.54. The van der Waals surface area contributed by atoms with Crippen molar-refractivity contribution < 1.29 is 0 Å². The molecule has 0 bridgehead atoms. The second-order valence-electron chi connectivity index (χ2n) is 4.64. The number of amidine groups is 2. The van der Waals surface area contributed by atoms with Crippen molar-refractivity contribution in [3.63, 3.8) is 0 Å². The summed E-state index contributed by atoms with van der Waals surface area (Å²) in [4.78, 5) is 4.13. The van der Waals surface area contributed by atoms with Gasteiger partial charge in [0.25, 0.3) is 0 Å². The Hall–Kier alpha value is -0.850. The van der Waals surface area contributed by atoms with Gasteiger partial charge in [-0.25, -0.2) is 0 Å². The van der Waals surface area contributed by atoms with Crippen LogP contribution in [0.2, 0.25) is 0 Å². The summed E-state index contributed by atoms with van der Waals surface area (Å²) in [7, 11) is 0. The van der Waals surface area contributed by atoms with Crippen molar-refractivity contribution >= 4 is 24.1 Å². The molecule has 0 aliphatic heterocycles. The molecule has 0 aromatic carbocycles. The maximum Gasteiger partial charge on any atom is 0.0905 e. The van der Waals surface area contributed by atoms with Crippen LogP contribution in [-0.4, -0.2) is 50.9 Å². The summed E-state index contributed by atoms with van der Waals surface area (Å²) in [6, 6.07) is 0. The number of nitrogens with zero attached hydrogens (tertiary/aromatic N) is 1. The Balaban J connectivity index is 0. The van der Waals surface area contributed by atoms with E-state index < -0.39 is 0 Å². The van der Waals surface area contributed by atoms with Crippen molar-refractivity contribution in [1.29, 1.82) is 5.41 Å². The third kappa shape index (κ3) is 19.5. The van der Waals surface area contributed by atoms with Gasteiger partial charge in [-0.05, 0) is 59.3 Å². The van der Waals surface area contributed by atoms with Gasteiger partial charge in [-0.1, -0.05) is 0 Å². The van der Waals surface area contributed by atoms with E-state index in [0.717, 1.165) is 58.5 Å². The van der Waals surface area contributed by atoms with E-state index in [2.05, 4.69) is 20.9 Å². The summed E-state index contributed by atoms with van der Waals surface area (Å²) in [5, 5.41) is 17.0. The SMILES string of the molecule is CC(=N)NCCCNCCCNCCCN=C(C)N.Cl. The summed E-state index contributed by atoms with van der Waals surface area (Å²) in [6.07, 6.45) is 3.23. The van der Waals surface area contributed by atoms with Crippen molar-refractivity contribution in [2.45, 2.75) is 33.1 Å². The first kappa shape index (κ1) is 21.4. The lowest BCUT2D eigenvalue weighted by Gasteiger charge is -2.07. The Kier molecular flexibility index (Phi) is 17.4. The van der Waals surface area contributed by atoms with E-state index in [-0.39, 0.29) is 12.4 Å². The first-order chi connectivity index (χ1) is 9.13. The highest BCUT2D eigenvalue weighted by molar-refractivity contribution is 5.85. The van der Waals surface area contributed by atoms with Crippen LogP contribution in [0, 0.1) is 5.41 Å². The molecule has 0 aliphatic rings. The fourth-order valence-electron chi connectivity index (χ4n) is 1.54. The van der Waals surface area contributed by atoms with Crippen molar-refractivity contribution in [2.75, 3.05) is 39.3 Å². The standard InChI is InChI=1S/C13H30N6.ClH/c1-12(14)18-10-4-8-16-6-3-7-17-9-5-11-19-13(2)15;/h16-17H,3-11H2,1-2H3,(H2,14,18)(H2,15,19);1H. The highest BCUT2D eigenvalue weighted by atomic mass is 35.5. The Bertz CT molecular complexity index is 253. The molecule has 0 aromatic rings. The Morgan fingerprint density at radius 1 is 0.950 bits per heavy atom. The van der Waals surface area contributed by atoms with Crippen molar-refractivity contribution in [3.05, 3.63) is 0 Å². The number of halogens is 1. The first-order valence-corrected chi connectivity index (χ1v) is 7.10. The van der Waals surface area contributed by atoms with E-state index in [1.165, 1.54) is 0 Å². The van der Waals surface area contributed by atoms with Crippen LogP contribution < -0.4 is 21.7 Å².